The van der Waals surface area contributed by atoms with Gasteiger partial charge in [-0.3, -0.25) is 4.79 Å². The van der Waals surface area contributed by atoms with Crippen LogP contribution < -0.4 is 5.73 Å². The van der Waals surface area contributed by atoms with Crippen molar-refractivity contribution < 1.29 is 9.21 Å². The molecular formula is C13H21N3O2. The number of hydrogen-bond donors (Lipinski definition) is 1. The predicted octanol–water partition coefficient (Wildman–Crippen LogP) is 1.97. The van der Waals surface area contributed by atoms with E-state index in [2.05, 4.69) is 25.8 Å². The summed E-state index contributed by atoms with van der Waals surface area (Å²) in [5, 5.41) is 0. The van der Waals surface area contributed by atoms with Crippen LogP contribution in [0.25, 0.3) is 0 Å². The summed E-state index contributed by atoms with van der Waals surface area (Å²) in [4.78, 5) is 18.0. The monoisotopic (exact) mass is 251 g/mol. The highest BCUT2D eigenvalue weighted by Crippen LogP contribution is 2.24. The maximum Gasteiger partial charge on any atom is 0.292 e. The summed E-state index contributed by atoms with van der Waals surface area (Å²) in [5.74, 6) is 0.924. The zero-order chi connectivity index (χ0) is 13.3. The summed E-state index contributed by atoms with van der Waals surface area (Å²) in [6.45, 7) is 7.65. The first-order chi connectivity index (χ1) is 8.35. The van der Waals surface area contributed by atoms with Crippen LogP contribution in [0.4, 0.5) is 6.01 Å². The molecule has 0 aliphatic carbocycles. The topological polar surface area (TPSA) is 72.4 Å². The van der Waals surface area contributed by atoms with E-state index in [-0.39, 0.29) is 17.3 Å². The van der Waals surface area contributed by atoms with Crippen LogP contribution in [0.2, 0.25) is 0 Å². The first-order valence-electron chi connectivity index (χ1n) is 6.37. The van der Waals surface area contributed by atoms with Crippen molar-refractivity contribution in [2.45, 2.75) is 46.6 Å². The van der Waals surface area contributed by atoms with Gasteiger partial charge < -0.3 is 15.1 Å². The minimum Gasteiger partial charge on any atom is -0.427 e. The van der Waals surface area contributed by atoms with Crippen molar-refractivity contribution in [1.82, 2.24) is 9.88 Å². The lowest BCUT2D eigenvalue weighted by Gasteiger charge is -2.26. The smallest absolute Gasteiger partial charge is 0.292 e. The molecule has 5 heteroatoms. The summed E-state index contributed by atoms with van der Waals surface area (Å²) in [6, 6.07) is 0.198. The Balaban J connectivity index is 1.94. The molecule has 0 unspecified atom stereocenters. The van der Waals surface area contributed by atoms with Gasteiger partial charge in [-0.25, -0.2) is 0 Å². The number of anilines is 1. The van der Waals surface area contributed by atoms with Crippen LogP contribution in [0.5, 0.6) is 0 Å². The third-order valence-electron chi connectivity index (χ3n) is 3.19. The molecule has 2 N–H and O–H groups in total. The molecule has 0 saturated heterocycles. The van der Waals surface area contributed by atoms with E-state index in [9.17, 15) is 4.79 Å². The molecule has 100 valence electrons. The molecule has 18 heavy (non-hydrogen) atoms. The Morgan fingerprint density at radius 2 is 2.22 bits per heavy atom. The Kier molecular flexibility index (Phi) is 3.32. The molecule has 0 radical (unpaired) electrons. The molecule has 0 fully saturated rings. The molecule has 1 aromatic heterocycles. The lowest BCUT2D eigenvalue weighted by molar-refractivity contribution is -0.133. The van der Waals surface area contributed by atoms with Crippen LogP contribution in [-0.4, -0.2) is 22.3 Å². The van der Waals surface area contributed by atoms with Gasteiger partial charge in [0.05, 0.1) is 12.2 Å². The molecule has 0 aromatic carbocycles. The van der Waals surface area contributed by atoms with Gasteiger partial charge in [-0.2, -0.15) is 4.98 Å². The Bertz CT molecular complexity index is 446. The van der Waals surface area contributed by atoms with Crippen molar-refractivity contribution >= 4 is 11.9 Å². The number of rotatable bonds is 2. The SMILES string of the molecule is CC(C)(C)CCC(=O)N1CCc2nc(N)oc2C1. The molecule has 0 bridgehead atoms. The second-order valence-corrected chi connectivity index (χ2v) is 6.05. The summed E-state index contributed by atoms with van der Waals surface area (Å²) < 4.78 is 5.30. The van der Waals surface area contributed by atoms with Gasteiger partial charge in [0.2, 0.25) is 5.91 Å². The molecule has 1 aliphatic rings. The van der Waals surface area contributed by atoms with Crippen molar-refractivity contribution in [3.05, 3.63) is 11.5 Å². The minimum absolute atomic E-state index is 0.186. The van der Waals surface area contributed by atoms with Crippen molar-refractivity contribution in [3.63, 3.8) is 0 Å². The van der Waals surface area contributed by atoms with E-state index in [0.29, 0.717) is 19.5 Å². The fourth-order valence-electron chi connectivity index (χ4n) is 2.07. The van der Waals surface area contributed by atoms with Crippen LogP contribution in [0.15, 0.2) is 4.42 Å². The van der Waals surface area contributed by atoms with E-state index in [1.165, 1.54) is 0 Å². The average molecular weight is 251 g/mol. The molecule has 5 nitrogen and oxygen atoms in total. The fourth-order valence-corrected chi connectivity index (χ4v) is 2.07. The summed E-state index contributed by atoms with van der Waals surface area (Å²) >= 11 is 0. The van der Waals surface area contributed by atoms with E-state index in [1.807, 2.05) is 4.90 Å². The molecule has 0 saturated carbocycles. The maximum atomic E-state index is 12.1. The van der Waals surface area contributed by atoms with Gasteiger partial charge in [-0.05, 0) is 11.8 Å². The number of oxazole rings is 1. The fraction of sp³-hybridized carbons (Fsp3) is 0.692. The lowest BCUT2D eigenvalue weighted by atomic mass is 9.90. The molecule has 2 heterocycles. The van der Waals surface area contributed by atoms with E-state index in [1.54, 1.807) is 0 Å². The van der Waals surface area contributed by atoms with Crippen molar-refractivity contribution in [3.8, 4) is 0 Å². The molecule has 1 aromatic rings. The quantitative estimate of drug-likeness (QED) is 0.872. The van der Waals surface area contributed by atoms with Crippen LogP contribution in [-0.2, 0) is 17.8 Å². The molecule has 0 spiro atoms. The Morgan fingerprint density at radius 3 is 2.89 bits per heavy atom. The second kappa shape index (κ2) is 4.63. The lowest BCUT2D eigenvalue weighted by Crippen LogP contribution is -2.36. The van der Waals surface area contributed by atoms with Crippen LogP contribution in [0.1, 0.15) is 45.1 Å². The Labute approximate surface area is 107 Å². The minimum atomic E-state index is 0.186. The van der Waals surface area contributed by atoms with Gasteiger partial charge >= 0.3 is 0 Å². The summed E-state index contributed by atoms with van der Waals surface area (Å²) in [5.41, 5.74) is 6.60. The molecule has 0 atom stereocenters. The Hall–Kier alpha value is -1.52. The van der Waals surface area contributed by atoms with Gasteiger partial charge in [0.15, 0.2) is 0 Å². The van der Waals surface area contributed by atoms with Crippen LogP contribution in [0, 0.1) is 5.41 Å². The van der Waals surface area contributed by atoms with E-state index >= 15 is 0 Å². The molecule has 2 rings (SSSR count). The van der Waals surface area contributed by atoms with Crippen molar-refractivity contribution in [1.29, 1.82) is 0 Å². The normalized spacial score (nSPS) is 15.6. The number of fused-ring (bicyclic) bond motifs is 1. The van der Waals surface area contributed by atoms with Gasteiger partial charge in [-0.1, -0.05) is 20.8 Å². The summed E-state index contributed by atoms with van der Waals surface area (Å²) in [7, 11) is 0. The number of carbonyl (C=O) groups is 1. The largest absolute Gasteiger partial charge is 0.427 e. The standard InChI is InChI=1S/C13H21N3O2/c1-13(2,3)6-4-11(17)16-7-5-9-10(8-16)18-12(14)15-9/h4-8H2,1-3H3,(H2,14,15). The Morgan fingerprint density at radius 1 is 1.50 bits per heavy atom. The number of hydrogen-bond acceptors (Lipinski definition) is 4. The highest BCUT2D eigenvalue weighted by Gasteiger charge is 2.25. The number of nitrogen functional groups attached to an aromatic ring is 1. The zero-order valence-electron chi connectivity index (χ0n) is 11.3. The molecule has 1 amide bonds. The third kappa shape index (κ3) is 3.03. The number of amides is 1. The first-order valence-corrected chi connectivity index (χ1v) is 6.37. The third-order valence-corrected chi connectivity index (χ3v) is 3.19. The van der Waals surface area contributed by atoms with Gasteiger partial charge in [-0.15, -0.1) is 0 Å². The number of carbonyl (C=O) groups excluding carboxylic acids is 1. The van der Waals surface area contributed by atoms with Gasteiger partial charge in [0, 0.05) is 19.4 Å². The first kappa shape index (κ1) is 12.9. The number of nitrogens with two attached hydrogens (primary N) is 1. The highest BCUT2D eigenvalue weighted by molar-refractivity contribution is 5.76. The van der Waals surface area contributed by atoms with Gasteiger partial charge in [0.1, 0.15) is 5.76 Å². The van der Waals surface area contributed by atoms with Crippen molar-refractivity contribution in [2.75, 3.05) is 12.3 Å². The van der Waals surface area contributed by atoms with Crippen molar-refractivity contribution in [2.24, 2.45) is 5.41 Å². The van der Waals surface area contributed by atoms with E-state index in [4.69, 9.17) is 10.2 Å². The number of nitrogens with zero attached hydrogens (tertiary/aromatic N) is 2. The van der Waals surface area contributed by atoms with Gasteiger partial charge in [0.25, 0.3) is 6.01 Å². The zero-order valence-corrected chi connectivity index (χ0v) is 11.3. The van der Waals surface area contributed by atoms with Crippen LogP contribution in [0.3, 0.4) is 0 Å². The molecule has 1 aliphatic heterocycles. The highest BCUT2D eigenvalue weighted by atomic mass is 16.4. The summed E-state index contributed by atoms with van der Waals surface area (Å²) in [6.07, 6.45) is 2.22. The van der Waals surface area contributed by atoms with E-state index < -0.39 is 0 Å². The maximum absolute atomic E-state index is 12.1. The predicted molar refractivity (Wildman–Crippen MR) is 68.7 cm³/mol. The molecular weight excluding hydrogens is 230 g/mol. The van der Waals surface area contributed by atoms with E-state index in [0.717, 1.165) is 24.3 Å². The number of aromatic nitrogens is 1. The average Bonchev–Trinajstić information content (AvgIpc) is 2.63. The van der Waals surface area contributed by atoms with Crippen LogP contribution >= 0.6 is 0 Å². The second-order valence-electron chi connectivity index (χ2n) is 6.05.